The number of rotatable bonds is 6. The third kappa shape index (κ3) is 4.63. The number of carboxylic acids is 1. The van der Waals surface area contributed by atoms with Crippen molar-refractivity contribution in [2.75, 3.05) is 25.1 Å². The largest absolute Gasteiger partial charge is 0.479 e. The average Bonchev–Trinajstić information content (AvgIpc) is 3.41. The quantitative estimate of drug-likeness (QED) is 0.536. The highest BCUT2D eigenvalue weighted by Gasteiger charge is 2.51. The summed E-state index contributed by atoms with van der Waals surface area (Å²) in [5.41, 5.74) is 0.285. The fourth-order valence-corrected chi connectivity index (χ4v) is 5.50. The first kappa shape index (κ1) is 23.7. The Morgan fingerprint density at radius 2 is 2.15 bits per heavy atom. The first-order valence-electron chi connectivity index (χ1n) is 10.8. The molecule has 3 N–H and O–H groups in total. The Hall–Kier alpha value is -2.46. The van der Waals surface area contributed by atoms with Crippen LogP contribution in [0.5, 0.6) is 0 Å². The number of fused-ring (bicyclic) bond motifs is 1. The predicted molar refractivity (Wildman–Crippen MR) is 126 cm³/mol. The zero-order valence-electron chi connectivity index (χ0n) is 18.2. The second-order valence-corrected chi connectivity index (χ2v) is 9.69. The van der Waals surface area contributed by atoms with Gasteiger partial charge in [-0.05, 0) is 48.4 Å². The van der Waals surface area contributed by atoms with Crippen LogP contribution in [0.25, 0.3) is 0 Å². The molecule has 2 amide bonds. The number of amides is 2. The second-order valence-electron chi connectivity index (χ2n) is 8.28. The molecule has 176 valence electrons. The first-order chi connectivity index (χ1) is 15.9. The highest BCUT2D eigenvalue weighted by atomic mass is 35.5. The summed E-state index contributed by atoms with van der Waals surface area (Å²) in [4.78, 5) is 40.8. The van der Waals surface area contributed by atoms with E-state index in [0.29, 0.717) is 22.7 Å². The summed E-state index contributed by atoms with van der Waals surface area (Å²) < 4.78 is 5.20. The van der Waals surface area contributed by atoms with Gasteiger partial charge in [0.2, 0.25) is 0 Å². The molecule has 0 bridgehead atoms. The summed E-state index contributed by atoms with van der Waals surface area (Å²) in [5, 5.41) is 17.4. The summed E-state index contributed by atoms with van der Waals surface area (Å²) >= 11 is 8.11. The second kappa shape index (κ2) is 9.80. The average molecular weight is 492 g/mol. The molecule has 1 saturated heterocycles. The number of benzene rings is 1. The molecular formula is C23H26ClN3O5S. The molecule has 0 aliphatic carbocycles. The van der Waals surface area contributed by atoms with Gasteiger partial charge in [0, 0.05) is 48.6 Å². The summed E-state index contributed by atoms with van der Waals surface area (Å²) in [6.07, 6.45) is 2.65. The number of hydrogen-bond acceptors (Lipinski definition) is 6. The van der Waals surface area contributed by atoms with E-state index in [4.69, 9.17) is 16.3 Å². The number of thiophene rings is 1. The molecule has 10 heteroatoms. The SMILES string of the molecule is COC1CN[C@@](C(=O)O)(C(=O)NCc2ccc(C(=O)N3CCCCc4sccc43)cc2Cl)C1. The molecular weight excluding hydrogens is 466 g/mol. The van der Waals surface area contributed by atoms with Crippen LogP contribution < -0.4 is 15.5 Å². The van der Waals surface area contributed by atoms with Gasteiger partial charge >= 0.3 is 5.97 Å². The molecule has 1 fully saturated rings. The van der Waals surface area contributed by atoms with E-state index in [-0.39, 0.29) is 31.5 Å². The van der Waals surface area contributed by atoms with Crippen molar-refractivity contribution in [2.24, 2.45) is 0 Å². The van der Waals surface area contributed by atoms with Crippen LogP contribution in [-0.4, -0.2) is 54.7 Å². The number of hydrogen-bond donors (Lipinski definition) is 3. The Labute approximate surface area is 200 Å². The van der Waals surface area contributed by atoms with Gasteiger partial charge in [-0.1, -0.05) is 17.7 Å². The van der Waals surface area contributed by atoms with Gasteiger partial charge in [-0.25, -0.2) is 4.79 Å². The first-order valence-corrected chi connectivity index (χ1v) is 12.1. The van der Waals surface area contributed by atoms with Gasteiger partial charge in [0.1, 0.15) is 0 Å². The van der Waals surface area contributed by atoms with Crippen molar-refractivity contribution in [1.82, 2.24) is 10.6 Å². The molecule has 0 saturated carbocycles. The van der Waals surface area contributed by atoms with Crippen molar-refractivity contribution in [1.29, 1.82) is 0 Å². The number of carboxylic acid groups (broad SMARTS) is 1. The number of ether oxygens (including phenoxy) is 1. The maximum absolute atomic E-state index is 13.2. The van der Waals surface area contributed by atoms with Crippen molar-refractivity contribution >= 4 is 46.4 Å². The van der Waals surface area contributed by atoms with Gasteiger partial charge in [0.25, 0.3) is 11.8 Å². The van der Waals surface area contributed by atoms with E-state index in [2.05, 4.69) is 10.6 Å². The number of carbonyl (C=O) groups is 3. The summed E-state index contributed by atoms with van der Waals surface area (Å²) in [6, 6.07) is 6.96. The lowest BCUT2D eigenvalue weighted by Crippen LogP contribution is -2.58. The van der Waals surface area contributed by atoms with E-state index in [9.17, 15) is 19.5 Å². The topological polar surface area (TPSA) is 108 Å². The number of carbonyl (C=O) groups excluding carboxylic acids is 2. The van der Waals surface area contributed by atoms with Crippen LogP contribution in [0.3, 0.4) is 0 Å². The standard InChI is InChI=1S/C23H26ClN3O5S/c1-32-16-11-23(22(30)31,26-13-16)21(29)25-12-15-6-5-14(10-17(15)24)20(28)27-8-3-2-4-19-18(27)7-9-33-19/h5-7,9-10,16,26H,2-4,8,11-13H2,1H3,(H,25,29)(H,30,31)/t16?,23-/m1/s1. The molecule has 1 aromatic carbocycles. The van der Waals surface area contributed by atoms with E-state index in [1.807, 2.05) is 11.4 Å². The molecule has 2 aromatic rings. The van der Waals surface area contributed by atoms with Crippen molar-refractivity contribution in [3.63, 3.8) is 0 Å². The van der Waals surface area contributed by atoms with Crippen LogP contribution in [0.1, 0.15) is 40.1 Å². The normalized spacial score (nSPS) is 22.5. The number of nitrogens with zero attached hydrogens (tertiary/aromatic N) is 1. The van der Waals surface area contributed by atoms with Crippen LogP contribution in [0.4, 0.5) is 5.69 Å². The van der Waals surface area contributed by atoms with Crippen molar-refractivity contribution in [2.45, 2.75) is 43.9 Å². The van der Waals surface area contributed by atoms with Crippen LogP contribution >= 0.6 is 22.9 Å². The molecule has 0 radical (unpaired) electrons. The van der Waals surface area contributed by atoms with E-state index in [0.717, 1.165) is 24.9 Å². The Balaban J connectivity index is 1.46. The summed E-state index contributed by atoms with van der Waals surface area (Å²) in [5.74, 6) is -2.02. The van der Waals surface area contributed by atoms with Gasteiger partial charge in [0.05, 0.1) is 11.8 Å². The summed E-state index contributed by atoms with van der Waals surface area (Å²) in [6.45, 7) is 0.972. The highest BCUT2D eigenvalue weighted by molar-refractivity contribution is 7.10. The molecule has 2 aliphatic rings. The van der Waals surface area contributed by atoms with E-state index < -0.39 is 17.4 Å². The van der Waals surface area contributed by atoms with E-state index >= 15 is 0 Å². The highest BCUT2D eigenvalue weighted by Crippen LogP contribution is 2.32. The molecule has 2 atom stereocenters. The van der Waals surface area contributed by atoms with Crippen LogP contribution in [0.15, 0.2) is 29.6 Å². The van der Waals surface area contributed by atoms with Gasteiger partial charge in [0.15, 0.2) is 5.54 Å². The number of halogens is 1. The molecule has 4 rings (SSSR count). The predicted octanol–water partition coefficient (Wildman–Crippen LogP) is 2.83. The number of anilines is 1. The molecule has 1 aromatic heterocycles. The molecule has 8 nitrogen and oxygen atoms in total. The smallest absolute Gasteiger partial charge is 0.333 e. The number of methoxy groups -OCH3 is 1. The minimum atomic E-state index is -1.74. The Bertz CT molecular complexity index is 1070. The minimum absolute atomic E-state index is 0.0340. The third-order valence-electron chi connectivity index (χ3n) is 6.28. The van der Waals surface area contributed by atoms with Gasteiger partial charge in [-0.3, -0.25) is 14.9 Å². The molecule has 0 spiro atoms. The van der Waals surface area contributed by atoms with Crippen molar-refractivity contribution in [3.05, 3.63) is 50.7 Å². The molecule has 33 heavy (non-hydrogen) atoms. The van der Waals surface area contributed by atoms with Crippen molar-refractivity contribution in [3.8, 4) is 0 Å². The van der Waals surface area contributed by atoms with E-state index in [1.165, 1.54) is 12.0 Å². The van der Waals surface area contributed by atoms with Gasteiger partial charge in [-0.15, -0.1) is 11.3 Å². The fraction of sp³-hybridized carbons (Fsp3) is 0.435. The van der Waals surface area contributed by atoms with Crippen molar-refractivity contribution < 1.29 is 24.2 Å². The Kier molecular flexibility index (Phi) is 7.04. The monoisotopic (exact) mass is 491 g/mol. The zero-order valence-corrected chi connectivity index (χ0v) is 19.8. The van der Waals surface area contributed by atoms with Gasteiger partial charge < -0.3 is 20.1 Å². The Morgan fingerprint density at radius 3 is 2.85 bits per heavy atom. The molecule has 2 aliphatic heterocycles. The third-order valence-corrected chi connectivity index (χ3v) is 7.61. The van der Waals surface area contributed by atoms with Crippen LogP contribution in [-0.2, 0) is 27.3 Å². The minimum Gasteiger partial charge on any atom is -0.479 e. The van der Waals surface area contributed by atoms with Crippen LogP contribution in [0.2, 0.25) is 5.02 Å². The van der Waals surface area contributed by atoms with Crippen LogP contribution in [0, 0.1) is 0 Å². The fourth-order valence-electron chi connectivity index (χ4n) is 4.33. The lowest BCUT2D eigenvalue weighted by atomic mass is 9.95. The number of aliphatic carboxylic acids is 1. The van der Waals surface area contributed by atoms with Gasteiger partial charge in [-0.2, -0.15) is 0 Å². The number of nitrogens with one attached hydrogen (secondary N) is 2. The zero-order chi connectivity index (χ0) is 23.6. The number of aryl methyl sites for hydroxylation is 1. The lowest BCUT2D eigenvalue weighted by molar-refractivity contribution is -0.150. The lowest BCUT2D eigenvalue weighted by Gasteiger charge is -2.24. The molecule has 1 unspecified atom stereocenters. The maximum Gasteiger partial charge on any atom is 0.333 e. The van der Waals surface area contributed by atoms with E-state index in [1.54, 1.807) is 34.4 Å². The maximum atomic E-state index is 13.2. The molecule has 3 heterocycles. The summed E-state index contributed by atoms with van der Waals surface area (Å²) in [7, 11) is 1.48. The Morgan fingerprint density at radius 1 is 1.33 bits per heavy atom.